The van der Waals surface area contributed by atoms with Crippen LogP contribution in [0.15, 0.2) is 0 Å². The summed E-state index contributed by atoms with van der Waals surface area (Å²) in [4.78, 5) is 0. The Labute approximate surface area is 125 Å². The Kier molecular flexibility index (Phi) is 9.48. The summed E-state index contributed by atoms with van der Waals surface area (Å²) in [5.41, 5.74) is -5.53. The van der Waals surface area contributed by atoms with E-state index in [4.69, 9.17) is 13.0 Å². The molecule has 4 nitrogen and oxygen atoms in total. The van der Waals surface area contributed by atoms with Crippen LogP contribution in [0.1, 0.15) is 52.4 Å². The van der Waals surface area contributed by atoms with Crippen molar-refractivity contribution in [1.29, 1.82) is 0 Å². The Morgan fingerprint density at radius 2 is 1.90 bits per heavy atom. The molecule has 0 aliphatic carbocycles. The lowest BCUT2D eigenvalue weighted by Crippen LogP contribution is -2.34. The van der Waals surface area contributed by atoms with Crippen LogP contribution in [0, 0.1) is 11.8 Å². The fourth-order valence-corrected chi connectivity index (χ4v) is 2.52. The minimum atomic E-state index is -5.84. The summed E-state index contributed by atoms with van der Waals surface area (Å²) in [6, 6.07) is 0. The molecule has 2 N–H and O–H groups in total. The zero-order chi connectivity index (χ0) is 16.5. The summed E-state index contributed by atoms with van der Waals surface area (Å²) in [5, 5.41) is 3.53. The van der Waals surface area contributed by atoms with E-state index in [1.165, 1.54) is 51.6 Å². The molecule has 0 radical (unpaired) electrons. The second-order valence-corrected chi connectivity index (χ2v) is 6.75. The lowest BCUT2D eigenvalue weighted by molar-refractivity contribution is -0.0510. The number of alkyl halides is 3. The van der Waals surface area contributed by atoms with Gasteiger partial charge in [0.2, 0.25) is 0 Å². The Morgan fingerprint density at radius 1 is 1.33 bits per heavy atom. The molecule has 1 saturated heterocycles. The number of nitrogens with one attached hydrogen (secondary N) is 1. The number of hydrogen-bond acceptors (Lipinski definition) is 3. The summed E-state index contributed by atoms with van der Waals surface area (Å²) in [6.45, 7) is 7.18. The maximum atomic E-state index is 10.7. The molecule has 2 atom stereocenters. The van der Waals surface area contributed by atoms with Crippen LogP contribution in [0.4, 0.5) is 13.2 Å². The van der Waals surface area contributed by atoms with Gasteiger partial charge < -0.3 is 5.32 Å². The predicted molar refractivity (Wildman–Crippen MR) is 76.5 cm³/mol. The highest BCUT2D eigenvalue weighted by molar-refractivity contribution is 7.86. The first-order valence-corrected chi connectivity index (χ1v) is 8.81. The molecule has 8 heteroatoms. The van der Waals surface area contributed by atoms with Crippen molar-refractivity contribution in [3.05, 3.63) is 0 Å². The van der Waals surface area contributed by atoms with Crippen LogP contribution in [0.5, 0.6) is 0 Å². The molecular formula is C13H26F3NO3S. The van der Waals surface area contributed by atoms with Gasteiger partial charge in [0, 0.05) is 0 Å². The number of unbranched alkanes of at least 4 members (excludes halogenated alkanes) is 1. The van der Waals surface area contributed by atoms with Gasteiger partial charge in [-0.3, -0.25) is 4.55 Å². The first kappa shape index (κ1) is 20.7. The Hall–Kier alpha value is -0.340. The number of hydrogen-bond donors (Lipinski definition) is 2. The van der Waals surface area contributed by atoms with E-state index in [2.05, 4.69) is 19.2 Å². The van der Waals surface area contributed by atoms with Crippen molar-refractivity contribution in [2.75, 3.05) is 13.1 Å². The third-order valence-corrected chi connectivity index (χ3v) is 4.33. The fourth-order valence-electron chi connectivity index (χ4n) is 2.52. The normalized spacial score (nSPS) is 21.3. The Bertz CT molecular complexity index is 365. The number of halogens is 3. The van der Waals surface area contributed by atoms with Crippen molar-refractivity contribution in [2.24, 2.45) is 11.8 Å². The van der Waals surface area contributed by atoms with Gasteiger partial charge in [-0.15, -0.1) is 0 Å². The van der Waals surface area contributed by atoms with E-state index in [0.717, 1.165) is 11.8 Å². The monoisotopic (exact) mass is 333 g/mol. The average Bonchev–Trinajstić information content (AvgIpc) is 2.39. The second kappa shape index (κ2) is 9.63. The van der Waals surface area contributed by atoms with Crippen LogP contribution in [0.25, 0.3) is 0 Å². The van der Waals surface area contributed by atoms with Crippen LogP contribution < -0.4 is 5.32 Å². The van der Waals surface area contributed by atoms with E-state index in [-0.39, 0.29) is 0 Å². The number of piperidine rings is 1. The topological polar surface area (TPSA) is 66.4 Å². The molecule has 21 heavy (non-hydrogen) atoms. The van der Waals surface area contributed by atoms with E-state index in [0.29, 0.717) is 0 Å². The van der Waals surface area contributed by atoms with E-state index in [9.17, 15) is 13.2 Å². The molecule has 1 fully saturated rings. The van der Waals surface area contributed by atoms with Crippen LogP contribution in [0.3, 0.4) is 0 Å². The summed E-state index contributed by atoms with van der Waals surface area (Å²) >= 11 is 0. The van der Waals surface area contributed by atoms with Gasteiger partial charge in [0.1, 0.15) is 0 Å². The van der Waals surface area contributed by atoms with E-state index >= 15 is 0 Å². The molecule has 1 rings (SSSR count). The highest BCUT2D eigenvalue weighted by atomic mass is 32.2. The van der Waals surface area contributed by atoms with Gasteiger partial charge in [0.05, 0.1) is 0 Å². The molecule has 0 aromatic rings. The van der Waals surface area contributed by atoms with Crippen LogP contribution >= 0.6 is 0 Å². The molecule has 1 aliphatic rings. The van der Waals surface area contributed by atoms with Gasteiger partial charge in [-0.05, 0) is 37.8 Å². The minimum absolute atomic E-state index is 0.977. The maximum absolute atomic E-state index is 10.7. The second-order valence-electron chi connectivity index (χ2n) is 5.34. The molecule has 128 valence electrons. The largest absolute Gasteiger partial charge is 0.522 e. The molecule has 0 saturated carbocycles. The van der Waals surface area contributed by atoms with Gasteiger partial charge in [-0.2, -0.15) is 21.6 Å². The third kappa shape index (κ3) is 8.63. The van der Waals surface area contributed by atoms with Gasteiger partial charge in [-0.25, -0.2) is 0 Å². The molecule has 0 aromatic carbocycles. The van der Waals surface area contributed by atoms with Gasteiger partial charge in [0.25, 0.3) is 0 Å². The first-order chi connectivity index (χ1) is 9.63. The molecule has 1 aliphatic heterocycles. The van der Waals surface area contributed by atoms with E-state index < -0.39 is 15.6 Å². The van der Waals surface area contributed by atoms with Crippen molar-refractivity contribution in [1.82, 2.24) is 5.32 Å². The van der Waals surface area contributed by atoms with E-state index in [1.54, 1.807) is 0 Å². The molecule has 2 unspecified atom stereocenters. The van der Waals surface area contributed by atoms with Crippen molar-refractivity contribution >= 4 is 10.1 Å². The summed E-state index contributed by atoms with van der Waals surface area (Å²) in [7, 11) is -5.84. The van der Waals surface area contributed by atoms with Crippen molar-refractivity contribution in [3.8, 4) is 0 Å². The Balaban J connectivity index is 0.000000433. The molecular weight excluding hydrogens is 307 g/mol. The molecule has 1 heterocycles. The summed E-state index contributed by atoms with van der Waals surface area (Å²) in [5.74, 6) is 1.97. The molecule has 0 aromatic heterocycles. The van der Waals surface area contributed by atoms with Gasteiger partial charge in [-0.1, -0.05) is 39.5 Å². The predicted octanol–water partition coefficient (Wildman–Crippen LogP) is 3.60. The minimum Gasteiger partial charge on any atom is -0.316 e. The average molecular weight is 333 g/mol. The maximum Gasteiger partial charge on any atom is 0.522 e. The van der Waals surface area contributed by atoms with Gasteiger partial charge >= 0.3 is 15.6 Å². The van der Waals surface area contributed by atoms with E-state index in [1.807, 2.05) is 0 Å². The highest BCUT2D eigenvalue weighted by Gasteiger charge is 2.44. The molecule has 0 spiro atoms. The number of rotatable bonds is 5. The lowest BCUT2D eigenvalue weighted by atomic mass is 9.81. The van der Waals surface area contributed by atoms with Crippen LogP contribution in [-0.4, -0.2) is 31.6 Å². The zero-order valence-corrected chi connectivity index (χ0v) is 13.4. The Morgan fingerprint density at radius 3 is 2.24 bits per heavy atom. The van der Waals surface area contributed by atoms with Crippen LogP contribution in [0.2, 0.25) is 0 Å². The lowest BCUT2D eigenvalue weighted by Gasteiger charge is -2.30. The smallest absolute Gasteiger partial charge is 0.316 e. The fraction of sp³-hybridized carbons (Fsp3) is 1.00. The van der Waals surface area contributed by atoms with Crippen molar-refractivity contribution in [3.63, 3.8) is 0 Å². The van der Waals surface area contributed by atoms with Gasteiger partial charge in [0.15, 0.2) is 0 Å². The third-order valence-electron chi connectivity index (χ3n) is 3.75. The highest BCUT2D eigenvalue weighted by Crippen LogP contribution is 2.27. The standard InChI is InChI=1S/C12H25N.CHF3O3S/c1-3-5-7-11(4-2)12-8-6-9-13-10-12;2-1(3,4)8(5,6)7/h11-13H,3-10H2,1-2H3;(H,5,6,7). The summed E-state index contributed by atoms with van der Waals surface area (Å²) in [6.07, 6.45) is 8.49. The summed E-state index contributed by atoms with van der Waals surface area (Å²) < 4.78 is 57.5. The molecule has 0 amide bonds. The molecule has 0 bridgehead atoms. The van der Waals surface area contributed by atoms with Crippen molar-refractivity contribution in [2.45, 2.75) is 57.9 Å². The zero-order valence-electron chi connectivity index (χ0n) is 12.6. The van der Waals surface area contributed by atoms with Crippen LogP contribution in [-0.2, 0) is 10.1 Å². The quantitative estimate of drug-likeness (QED) is 0.596. The van der Waals surface area contributed by atoms with Crippen molar-refractivity contribution < 1.29 is 26.1 Å². The first-order valence-electron chi connectivity index (χ1n) is 7.37. The SMILES string of the molecule is CCCCC(CC)C1CCCNC1.O=S(=O)(O)C(F)(F)F.